The lowest BCUT2D eigenvalue weighted by atomic mass is 9.91. The molecule has 0 saturated heterocycles. The number of imidazole rings is 1. The van der Waals surface area contributed by atoms with Crippen LogP contribution in [-0.4, -0.2) is 60.4 Å². The maximum atomic E-state index is 13.0. The van der Waals surface area contributed by atoms with Gasteiger partial charge in [0.25, 0.3) is 0 Å². The maximum Gasteiger partial charge on any atom is 0.419 e. The Kier molecular flexibility index (Phi) is 8.53. The van der Waals surface area contributed by atoms with Crippen molar-refractivity contribution in [2.75, 3.05) is 6.54 Å². The zero-order valence-electron chi connectivity index (χ0n) is 23.4. The number of rotatable bonds is 9. The molecule has 1 N–H and O–H groups in total. The SMILES string of the molecule is CCC[C@@H](C[C@@H]1C[C@@]1(C(=O)O)c1cn(-c2ccccn2)cn1)CN(C(=O)OC(C)(C)C)C(=O)OC(C)(C)C. The predicted octanol–water partition coefficient (Wildman–Crippen LogP) is 5.59. The smallest absolute Gasteiger partial charge is 0.419 e. The molecule has 2 amide bonds. The Morgan fingerprint density at radius 3 is 2.24 bits per heavy atom. The van der Waals surface area contributed by atoms with Gasteiger partial charge in [0.15, 0.2) is 0 Å². The summed E-state index contributed by atoms with van der Waals surface area (Å²) in [7, 11) is 0. The number of carboxylic acids is 1. The standard InChI is InChI=1S/C28H40N4O6/c1-8-11-19(16-32(24(35)37-26(2,3)4)25(36)38-27(5,6)7)14-20-15-28(20,23(33)34)21-17-31(18-30-21)22-12-9-10-13-29-22/h9-10,12-13,17-20H,8,11,14-16H2,1-7H3,(H,33,34)/t19-,20+,28-/m0/s1. The average molecular weight is 529 g/mol. The first-order chi connectivity index (χ1) is 17.7. The molecule has 2 heterocycles. The van der Waals surface area contributed by atoms with Gasteiger partial charge in [-0.2, -0.15) is 0 Å². The van der Waals surface area contributed by atoms with Gasteiger partial charge in [-0.25, -0.2) is 24.5 Å². The largest absolute Gasteiger partial charge is 0.481 e. The Morgan fingerprint density at radius 2 is 1.74 bits per heavy atom. The van der Waals surface area contributed by atoms with Crippen molar-refractivity contribution in [3.8, 4) is 5.82 Å². The van der Waals surface area contributed by atoms with Crippen molar-refractivity contribution in [2.45, 2.75) is 90.8 Å². The van der Waals surface area contributed by atoms with Crippen LogP contribution in [0.3, 0.4) is 0 Å². The van der Waals surface area contributed by atoms with Crippen molar-refractivity contribution >= 4 is 18.2 Å². The molecule has 0 aromatic carbocycles. The molecule has 0 aliphatic heterocycles. The third-order valence-corrected chi connectivity index (χ3v) is 6.42. The molecule has 1 fully saturated rings. The van der Waals surface area contributed by atoms with Gasteiger partial charge in [0.05, 0.1) is 5.69 Å². The van der Waals surface area contributed by atoms with Gasteiger partial charge in [-0.05, 0) is 84.8 Å². The summed E-state index contributed by atoms with van der Waals surface area (Å²) in [4.78, 5) is 48.3. The van der Waals surface area contributed by atoms with Gasteiger partial charge in [-0.15, -0.1) is 0 Å². The summed E-state index contributed by atoms with van der Waals surface area (Å²) >= 11 is 0. The average Bonchev–Trinajstić information content (AvgIpc) is 3.30. The van der Waals surface area contributed by atoms with Crippen molar-refractivity contribution in [2.24, 2.45) is 11.8 Å². The van der Waals surface area contributed by atoms with Crippen molar-refractivity contribution in [3.63, 3.8) is 0 Å². The first kappa shape index (κ1) is 29.1. The number of hydrogen-bond donors (Lipinski definition) is 1. The van der Waals surface area contributed by atoms with E-state index in [1.165, 1.54) is 0 Å². The van der Waals surface area contributed by atoms with Crippen molar-refractivity contribution < 1.29 is 29.0 Å². The van der Waals surface area contributed by atoms with Crippen LogP contribution in [0.1, 0.15) is 79.8 Å². The summed E-state index contributed by atoms with van der Waals surface area (Å²) in [6.45, 7) is 12.5. The summed E-state index contributed by atoms with van der Waals surface area (Å²) in [6.07, 6.45) is 5.87. The van der Waals surface area contributed by atoms with Crippen LogP contribution in [0, 0.1) is 11.8 Å². The molecular weight excluding hydrogens is 488 g/mol. The molecule has 1 aliphatic rings. The molecule has 0 spiro atoms. The Morgan fingerprint density at radius 1 is 1.11 bits per heavy atom. The van der Waals surface area contributed by atoms with Crippen LogP contribution in [0.4, 0.5) is 9.59 Å². The summed E-state index contributed by atoms with van der Waals surface area (Å²) < 4.78 is 12.7. The van der Waals surface area contributed by atoms with E-state index in [4.69, 9.17) is 9.47 Å². The number of imide groups is 1. The topological polar surface area (TPSA) is 124 Å². The quantitative estimate of drug-likeness (QED) is 0.447. The number of aliphatic carboxylic acids is 1. The fraction of sp³-hybridized carbons (Fsp3) is 0.607. The molecule has 0 bridgehead atoms. The number of pyridine rings is 1. The van der Waals surface area contributed by atoms with Gasteiger partial charge in [-0.1, -0.05) is 19.4 Å². The highest BCUT2D eigenvalue weighted by atomic mass is 16.6. The van der Waals surface area contributed by atoms with E-state index >= 15 is 0 Å². The lowest BCUT2D eigenvalue weighted by Crippen LogP contribution is -2.45. The summed E-state index contributed by atoms with van der Waals surface area (Å²) in [5.41, 5.74) is -2.22. The molecule has 208 valence electrons. The van der Waals surface area contributed by atoms with Gasteiger partial charge in [0, 0.05) is 18.9 Å². The molecule has 2 aromatic rings. The van der Waals surface area contributed by atoms with E-state index in [9.17, 15) is 19.5 Å². The lowest BCUT2D eigenvalue weighted by molar-refractivity contribution is -0.140. The maximum absolute atomic E-state index is 13.0. The van der Waals surface area contributed by atoms with Crippen LogP contribution < -0.4 is 0 Å². The number of ether oxygens (including phenoxy) is 2. The summed E-state index contributed by atoms with van der Waals surface area (Å²) in [6, 6.07) is 5.48. The highest BCUT2D eigenvalue weighted by molar-refractivity contribution is 5.88. The molecule has 10 nitrogen and oxygen atoms in total. The van der Waals surface area contributed by atoms with E-state index in [-0.39, 0.29) is 18.4 Å². The third kappa shape index (κ3) is 7.11. The molecule has 1 saturated carbocycles. The van der Waals surface area contributed by atoms with E-state index in [2.05, 4.69) is 9.97 Å². The van der Waals surface area contributed by atoms with Gasteiger partial charge in [0.2, 0.25) is 0 Å². The molecule has 1 aliphatic carbocycles. The van der Waals surface area contributed by atoms with Crippen LogP contribution in [-0.2, 0) is 19.7 Å². The number of hydrogen-bond acceptors (Lipinski definition) is 7. The van der Waals surface area contributed by atoms with Gasteiger partial charge >= 0.3 is 18.2 Å². The van der Waals surface area contributed by atoms with E-state index in [0.717, 1.165) is 11.3 Å². The summed E-state index contributed by atoms with van der Waals surface area (Å²) in [5.74, 6) is -0.606. The Labute approximate surface area is 224 Å². The second-order valence-corrected chi connectivity index (χ2v) is 12.0. The fourth-order valence-corrected chi connectivity index (χ4v) is 4.69. The second-order valence-electron chi connectivity index (χ2n) is 12.0. The minimum Gasteiger partial charge on any atom is -0.481 e. The van der Waals surface area contributed by atoms with E-state index < -0.39 is 34.8 Å². The van der Waals surface area contributed by atoms with E-state index in [1.807, 2.05) is 25.1 Å². The predicted molar refractivity (Wildman–Crippen MR) is 141 cm³/mol. The molecule has 3 rings (SSSR count). The van der Waals surface area contributed by atoms with Gasteiger partial charge in [0.1, 0.15) is 28.8 Å². The van der Waals surface area contributed by atoms with Crippen LogP contribution in [0.5, 0.6) is 0 Å². The minimum atomic E-state index is -1.12. The molecular formula is C28H40N4O6. The Hall–Kier alpha value is -3.43. The molecule has 0 unspecified atom stereocenters. The molecule has 0 radical (unpaired) electrons. The monoisotopic (exact) mass is 528 g/mol. The van der Waals surface area contributed by atoms with Crippen LogP contribution in [0.2, 0.25) is 0 Å². The second kappa shape index (κ2) is 11.1. The van der Waals surface area contributed by atoms with Crippen LogP contribution >= 0.6 is 0 Å². The normalized spacial score (nSPS) is 19.9. The fourth-order valence-electron chi connectivity index (χ4n) is 4.69. The van der Waals surface area contributed by atoms with Crippen LogP contribution in [0.25, 0.3) is 5.82 Å². The third-order valence-electron chi connectivity index (χ3n) is 6.42. The first-order valence-electron chi connectivity index (χ1n) is 13.1. The van der Waals surface area contributed by atoms with Crippen molar-refractivity contribution in [1.82, 2.24) is 19.4 Å². The first-order valence-corrected chi connectivity index (χ1v) is 13.1. The molecule has 38 heavy (non-hydrogen) atoms. The molecule has 3 atom stereocenters. The lowest BCUT2D eigenvalue weighted by Gasteiger charge is -2.31. The molecule has 2 aromatic heterocycles. The number of nitrogens with zero attached hydrogens (tertiary/aromatic N) is 4. The number of carboxylic acid groups (broad SMARTS) is 1. The number of carbonyl (C=O) groups is 3. The molecule has 10 heteroatoms. The van der Waals surface area contributed by atoms with Gasteiger partial charge < -0.3 is 14.6 Å². The van der Waals surface area contributed by atoms with Gasteiger partial charge in [-0.3, -0.25) is 9.36 Å². The van der Waals surface area contributed by atoms with E-state index in [0.29, 0.717) is 30.8 Å². The minimum absolute atomic E-state index is 0.0756. The number of aromatic nitrogens is 3. The zero-order chi connectivity index (χ0) is 28.3. The Bertz CT molecular complexity index is 1110. The highest BCUT2D eigenvalue weighted by Crippen LogP contribution is 2.57. The Balaban J connectivity index is 1.81. The number of carbonyl (C=O) groups excluding carboxylic acids is 2. The zero-order valence-corrected chi connectivity index (χ0v) is 23.4. The number of amides is 2. The van der Waals surface area contributed by atoms with Crippen LogP contribution in [0.15, 0.2) is 36.9 Å². The highest BCUT2D eigenvalue weighted by Gasteiger charge is 2.63. The van der Waals surface area contributed by atoms with Crippen molar-refractivity contribution in [1.29, 1.82) is 0 Å². The van der Waals surface area contributed by atoms with Crippen molar-refractivity contribution in [3.05, 3.63) is 42.6 Å². The summed E-state index contributed by atoms with van der Waals surface area (Å²) in [5, 5.41) is 10.2. The van der Waals surface area contributed by atoms with E-state index in [1.54, 1.807) is 64.8 Å².